The van der Waals surface area contributed by atoms with Crippen LogP contribution in [0.3, 0.4) is 0 Å². The average Bonchev–Trinajstić information content (AvgIpc) is 2.69. The van der Waals surface area contributed by atoms with Crippen molar-refractivity contribution in [1.82, 2.24) is 9.78 Å². The first-order valence-corrected chi connectivity index (χ1v) is 4.88. The summed E-state index contributed by atoms with van der Waals surface area (Å²) < 4.78 is 14.7. The highest BCUT2D eigenvalue weighted by atomic mass is 19.1. The van der Waals surface area contributed by atoms with Crippen LogP contribution in [0.4, 0.5) is 4.39 Å². The molecule has 82 valence electrons. The summed E-state index contributed by atoms with van der Waals surface area (Å²) in [6.07, 6.45) is 6.98. The third-order valence-electron chi connectivity index (χ3n) is 2.31. The van der Waals surface area contributed by atoms with Gasteiger partial charge < -0.3 is 0 Å². The number of nitrogens with zero attached hydrogens (tertiary/aromatic N) is 3. The van der Waals surface area contributed by atoms with Crippen molar-refractivity contribution in [2.24, 2.45) is 0 Å². The Morgan fingerprint density at radius 1 is 1.41 bits per heavy atom. The number of hydrogen-bond donors (Lipinski definition) is 0. The van der Waals surface area contributed by atoms with Crippen LogP contribution in [0.1, 0.15) is 16.8 Å². The van der Waals surface area contributed by atoms with Gasteiger partial charge in [-0.2, -0.15) is 10.4 Å². The summed E-state index contributed by atoms with van der Waals surface area (Å²) in [7, 11) is 0. The normalized spacial score (nSPS) is 9.65. The molecule has 0 saturated carbocycles. The second kappa shape index (κ2) is 4.11. The third-order valence-corrected chi connectivity index (χ3v) is 2.31. The van der Waals surface area contributed by atoms with Gasteiger partial charge in [0.2, 0.25) is 0 Å². The van der Waals surface area contributed by atoms with Gasteiger partial charge in [-0.3, -0.25) is 0 Å². The molecule has 17 heavy (non-hydrogen) atoms. The topological polar surface area (TPSA) is 41.6 Å². The summed E-state index contributed by atoms with van der Waals surface area (Å²) in [6.45, 7) is 1.82. The molecule has 0 atom stereocenters. The fourth-order valence-corrected chi connectivity index (χ4v) is 1.51. The third kappa shape index (κ3) is 2.02. The fraction of sp³-hybridized carbons (Fsp3) is 0.0769. The number of aromatic nitrogens is 2. The molecule has 1 aromatic heterocycles. The fourth-order valence-electron chi connectivity index (χ4n) is 1.51. The SMILES string of the molecule is C#Cc1nn(-c2cc(F)cc(C#N)c2)cc1C. The van der Waals surface area contributed by atoms with Crippen LogP contribution in [0.25, 0.3) is 5.69 Å². The lowest BCUT2D eigenvalue weighted by Gasteiger charge is -2.01. The Labute approximate surface area is 98.1 Å². The largest absolute Gasteiger partial charge is 0.239 e. The van der Waals surface area contributed by atoms with E-state index in [0.717, 1.165) is 5.56 Å². The smallest absolute Gasteiger partial charge is 0.138 e. The Morgan fingerprint density at radius 3 is 2.76 bits per heavy atom. The molecule has 4 heteroatoms. The quantitative estimate of drug-likeness (QED) is 0.698. The summed E-state index contributed by atoms with van der Waals surface area (Å²) in [4.78, 5) is 0. The molecule has 0 unspecified atom stereocenters. The first-order chi connectivity index (χ1) is 8.13. The van der Waals surface area contributed by atoms with Crippen molar-refractivity contribution in [2.45, 2.75) is 6.92 Å². The summed E-state index contributed by atoms with van der Waals surface area (Å²) in [6, 6.07) is 5.91. The molecule has 0 saturated heterocycles. The van der Waals surface area contributed by atoms with Crippen LogP contribution in [-0.2, 0) is 0 Å². The van der Waals surface area contributed by atoms with E-state index in [-0.39, 0.29) is 5.56 Å². The summed E-state index contributed by atoms with van der Waals surface area (Å²) in [5.74, 6) is 1.96. The molecule has 2 rings (SSSR count). The Bertz CT molecular complexity index is 656. The first kappa shape index (κ1) is 10.9. The van der Waals surface area contributed by atoms with Crippen LogP contribution >= 0.6 is 0 Å². The number of terminal acetylenes is 1. The van der Waals surface area contributed by atoms with Gasteiger partial charge in [0.15, 0.2) is 0 Å². The Balaban J connectivity index is 2.57. The van der Waals surface area contributed by atoms with E-state index in [2.05, 4.69) is 11.0 Å². The van der Waals surface area contributed by atoms with Crippen molar-refractivity contribution < 1.29 is 4.39 Å². The summed E-state index contributed by atoms with van der Waals surface area (Å²) >= 11 is 0. The highest BCUT2D eigenvalue weighted by molar-refractivity contribution is 5.43. The second-order valence-corrected chi connectivity index (χ2v) is 3.56. The van der Waals surface area contributed by atoms with Gasteiger partial charge in [0.25, 0.3) is 0 Å². The number of nitriles is 1. The van der Waals surface area contributed by atoms with Gasteiger partial charge in [0, 0.05) is 11.8 Å². The first-order valence-electron chi connectivity index (χ1n) is 4.88. The zero-order chi connectivity index (χ0) is 12.4. The Morgan fingerprint density at radius 2 is 2.18 bits per heavy atom. The molecule has 0 amide bonds. The minimum absolute atomic E-state index is 0.246. The summed E-state index contributed by atoms with van der Waals surface area (Å²) in [5.41, 5.74) is 2.06. The van der Waals surface area contributed by atoms with Crippen molar-refractivity contribution >= 4 is 0 Å². The van der Waals surface area contributed by atoms with Crippen molar-refractivity contribution in [3.8, 4) is 24.1 Å². The molecule has 0 radical (unpaired) electrons. The molecule has 0 fully saturated rings. The van der Waals surface area contributed by atoms with Crippen LogP contribution in [0.15, 0.2) is 24.4 Å². The lowest BCUT2D eigenvalue weighted by Crippen LogP contribution is -1.97. The molecule has 0 aliphatic heterocycles. The molecule has 1 heterocycles. The monoisotopic (exact) mass is 225 g/mol. The number of benzene rings is 1. The lowest BCUT2D eigenvalue weighted by molar-refractivity contribution is 0.625. The highest BCUT2D eigenvalue weighted by Gasteiger charge is 2.06. The molecular formula is C13H8FN3. The maximum atomic E-state index is 13.3. The number of rotatable bonds is 1. The van der Waals surface area contributed by atoms with E-state index in [1.807, 2.05) is 13.0 Å². The predicted molar refractivity (Wildman–Crippen MR) is 60.9 cm³/mol. The van der Waals surface area contributed by atoms with Crippen LogP contribution in [0, 0.1) is 36.4 Å². The van der Waals surface area contributed by atoms with Crippen molar-refractivity contribution in [2.75, 3.05) is 0 Å². The van der Waals surface area contributed by atoms with E-state index in [1.54, 1.807) is 12.3 Å². The standard InChI is InChI=1S/C13H8FN3/c1-3-13-9(2)8-17(16-13)12-5-10(7-15)4-11(14)6-12/h1,4-6,8H,2H3. The van der Waals surface area contributed by atoms with Gasteiger partial charge in [0.05, 0.1) is 17.3 Å². The van der Waals surface area contributed by atoms with Crippen LogP contribution < -0.4 is 0 Å². The van der Waals surface area contributed by atoms with Gasteiger partial charge in [-0.05, 0) is 31.0 Å². The number of aryl methyl sites for hydroxylation is 1. The molecule has 0 aliphatic rings. The Hall–Kier alpha value is -2.59. The lowest BCUT2D eigenvalue weighted by atomic mass is 10.2. The van der Waals surface area contributed by atoms with E-state index >= 15 is 0 Å². The van der Waals surface area contributed by atoms with E-state index < -0.39 is 5.82 Å². The zero-order valence-electron chi connectivity index (χ0n) is 9.11. The molecule has 1 aromatic carbocycles. The van der Waals surface area contributed by atoms with Crippen molar-refractivity contribution in [3.05, 3.63) is 47.0 Å². The number of halogens is 1. The second-order valence-electron chi connectivity index (χ2n) is 3.56. The van der Waals surface area contributed by atoms with Crippen molar-refractivity contribution in [3.63, 3.8) is 0 Å². The van der Waals surface area contributed by atoms with E-state index in [1.165, 1.54) is 16.8 Å². The zero-order valence-corrected chi connectivity index (χ0v) is 9.11. The van der Waals surface area contributed by atoms with Gasteiger partial charge in [-0.1, -0.05) is 0 Å². The molecule has 0 bridgehead atoms. The molecule has 2 aromatic rings. The molecule has 3 nitrogen and oxygen atoms in total. The van der Waals surface area contributed by atoms with Crippen LogP contribution in [-0.4, -0.2) is 9.78 Å². The van der Waals surface area contributed by atoms with E-state index in [4.69, 9.17) is 11.7 Å². The van der Waals surface area contributed by atoms with Crippen LogP contribution in [0.2, 0.25) is 0 Å². The minimum Gasteiger partial charge on any atom is -0.239 e. The van der Waals surface area contributed by atoms with Crippen molar-refractivity contribution in [1.29, 1.82) is 5.26 Å². The van der Waals surface area contributed by atoms with E-state index in [9.17, 15) is 4.39 Å². The molecular weight excluding hydrogens is 217 g/mol. The van der Waals surface area contributed by atoms with Gasteiger partial charge in [0.1, 0.15) is 11.5 Å². The maximum absolute atomic E-state index is 13.3. The number of hydrogen-bond acceptors (Lipinski definition) is 2. The predicted octanol–water partition coefficient (Wildman–Crippen LogP) is 2.17. The van der Waals surface area contributed by atoms with Gasteiger partial charge >= 0.3 is 0 Å². The van der Waals surface area contributed by atoms with Crippen LogP contribution in [0.5, 0.6) is 0 Å². The average molecular weight is 225 g/mol. The van der Waals surface area contributed by atoms with Gasteiger partial charge in [-0.25, -0.2) is 9.07 Å². The maximum Gasteiger partial charge on any atom is 0.138 e. The molecule has 0 spiro atoms. The molecule has 0 N–H and O–H groups in total. The minimum atomic E-state index is -0.477. The molecule has 0 aliphatic carbocycles. The van der Waals surface area contributed by atoms with E-state index in [0.29, 0.717) is 11.4 Å². The van der Waals surface area contributed by atoms with Gasteiger partial charge in [-0.15, -0.1) is 6.42 Å². The Kier molecular flexibility index (Phi) is 2.64. The highest BCUT2D eigenvalue weighted by Crippen LogP contribution is 2.14. The summed E-state index contributed by atoms with van der Waals surface area (Å²) in [5, 5.41) is 12.9.